The van der Waals surface area contributed by atoms with Crippen LogP contribution in [0.4, 0.5) is 5.69 Å². The minimum absolute atomic E-state index is 0.387. The van der Waals surface area contributed by atoms with Gasteiger partial charge in [0.2, 0.25) is 0 Å². The van der Waals surface area contributed by atoms with Gasteiger partial charge in [-0.3, -0.25) is 9.79 Å². The van der Waals surface area contributed by atoms with Crippen molar-refractivity contribution >= 4 is 23.5 Å². The molecule has 0 heterocycles. The van der Waals surface area contributed by atoms with Crippen LogP contribution >= 0.6 is 0 Å². The molecule has 3 aliphatic rings. The van der Waals surface area contributed by atoms with Crippen LogP contribution in [0, 0.1) is 11.3 Å². The molecule has 200 valence electrons. The molecular weight excluding hydrogens is 468 g/mol. The predicted molar refractivity (Wildman–Crippen MR) is 162 cm³/mol. The molecule has 3 aliphatic carbocycles. The number of rotatable bonds is 7. The summed E-state index contributed by atoms with van der Waals surface area (Å²) in [5.74, 6) is -0.0158. The Morgan fingerprint density at radius 1 is 1.08 bits per heavy atom. The van der Waals surface area contributed by atoms with E-state index in [2.05, 4.69) is 58.1 Å². The van der Waals surface area contributed by atoms with Crippen molar-refractivity contribution in [3.8, 4) is 11.1 Å². The number of carbonyl (C=O) groups is 1. The standard InChI is InChI=1S/C31H36N4O.C2H6/c1-33-20-35-16-13-21-5-7-22(8-6-21)24-10-11-25(23-9-12-29(34-2)26(17-23)30(32)36)28-19-31(18-27(24)28)14-3-4-15-31;1-2/h5,7-13,16-17,20-21,34H,3-4,6,14-15,18-19H2,1-2H3,(H2,32,36)(H,33,35);1-2H3/b16-13+;. The van der Waals surface area contributed by atoms with Gasteiger partial charge in [0.25, 0.3) is 5.91 Å². The van der Waals surface area contributed by atoms with E-state index in [0.717, 1.165) is 30.5 Å². The maximum atomic E-state index is 12.1. The molecule has 0 saturated heterocycles. The number of amides is 1. The van der Waals surface area contributed by atoms with Gasteiger partial charge in [0.15, 0.2) is 0 Å². The number of carbonyl (C=O) groups excluding carboxylic acids is 1. The molecule has 0 bridgehead atoms. The largest absolute Gasteiger partial charge is 0.387 e. The van der Waals surface area contributed by atoms with Crippen molar-refractivity contribution in [1.82, 2.24) is 5.32 Å². The first-order chi connectivity index (χ1) is 18.5. The summed E-state index contributed by atoms with van der Waals surface area (Å²) < 4.78 is 0. The molecule has 5 heteroatoms. The molecular formula is C33H42N4O. The van der Waals surface area contributed by atoms with Crippen LogP contribution < -0.4 is 16.4 Å². The highest BCUT2D eigenvalue weighted by Gasteiger charge is 2.41. The lowest BCUT2D eigenvalue weighted by molar-refractivity contribution is 0.100. The quantitative estimate of drug-likeness (QED) is 0.280. The number of nitrogens with two attached hydrogens (primary N) is 1. The second-order valence-electron chi connectivity index (χ2n) is 10.4. The van der Waals surface area contributed by atoms with E-state index in [-0.39, 0.29) is 0 Å². The summed E-state index contributed by atoms with van der Waals surface area (Å²) in [4.78, 5) is 16.1. The average molecular weight is 511 g/mol. The van der Waals surface area contributed by atoms with E-state index in [1.54, 1.807) is 13.4 Å². The van der Waals surface area contributed by atoms with E-state index in [1.165, 1.54) is 53.5 Å². The van der Waals surface area contributed by atoms with Crippen molar-refractivity contribution in [2.45, 2.75) is 58.8 Å². The smallest absolute Gasteiger partial charge is 0.250 e. The van der Waals surface area contributed by atoms with Crippen LogP contribution in [0.1, 0.15) is 73.0 Å². The van der Waals surface area contributed by atoms with E-state index in [9.17, 15) is 4.79 Å². The Morgan fingerprint density at radius 3 is 2.42 bits per heavy atom. The molecule has 2 aromatic carbocycles. The molecule has 2 aromatic rings. The van der Waals surface area contributed by atoms with Crippen molar-refractivity contribution in [3.63, 3.8) is 0 Å². The topological polar surface area (TPSA) is 79.5 Å². The summed E-state index contributed by atoms with van der Waals surface area (Å²) in [5, 5.41) is 6.16. The lowest BCUT2D eigenvalue weighted by atomic mass is 9.82. The van der Waals surface area contributed by atoms with Crippen LogP contribution in [0.2, 0.25) is 0 Å². The van der Waals surface area contributed by atoms with E-state index < -0.39 is 5.91 Å². The number of aliphatic imine (C=N–C) groups is 1. The van der Waals surface area contributed by atoms with Crippen LogP contribution in [0.5, 0.6) is 0 Å². The van der Waals surface area contributed by atoms with Crippen LogP contribution in [0.15, 0.2) is 65.8 Å². The molecule has 0 aromatic heterocycles. The molecule has 1 spiro atoms. The lowest BCUT2D eigenvalue weighted by Crippen LogP contribution is -2.16. The minimum Gasteiger partial charge on any atom is -0.387 e. The number of primary amides is 1. The Morgan fingerprint density at radius 2 is 1.79 bits per heavy atom. The highest BCUT2D eigenvalue weighted by molar-refractivity contribution is 6.00. The zero-order valence-corrected chi connectivity index (χ0v) is 23.3. The zero-order valence-electron chi connectivity index (χ0n) is 23.3. The number of hydrogen-bond donors (Lipinski definition) is 3. The van der Waals surface area contributed by atoms with Gasteiger partial charge in [-0.1, -0.05) is 69.2 Å². The van der Waals surface area contributed by atoms with Gasteiger partial charge in [0.1, 0.15) is 0 Å². The molecule has 1 amide bonds. The van der Waals surface area contributed by atoms with Gasteiger partial charge in [-0.15, -0.1) is 0 Å². The highest BCUT2D eigenvalue weighted by Crippen LogP contribution is 2.52. The SMILES string of the molecule is CC.CN=CN/C=C/C1C=CC(c2ccc(-c3ccc(NC)c(C(N)=O)c3)c3c2CC2(CCCC2)C3)=CC1. The van der Waals surface area contributed by atoms with E-state index >= 15 is 0 Å². The highest BCUT2D eigenvalue weighted by atomic mass is 16.1. The molecule has 1 saturated carbocycles. The normalized spacial score (nSPS) is 19.4. The van der Waals surface area contributed by atoms with E-state index in [1.807, 2.05) is 39.2 Å². The molecule has 38 heavy (non-hydrogen) atoms. The van der Waals surface area contributed by atoms with Gasteiger partial charge < -0.3 is 16.4 Å². The maximum Gasteiger partial charge on any atom is 0.250 e. The molecule has 5 nitrogen and oxygen atoms in total. The fraction of sp³-hybridized carbons (Fsp3) is 0.394. The molecule has 0 radical (unpaired) electrons. The van der Waals surface area contributed by atoms with Crippen LogP contribution in [-0.2, 0) is 12.8 Å². The first kappa shape index (κ1) is 27.4. The number of hydrogen-bond acceptors (Lipinski definition) is 3. The molecule has 1 unspecified atom stereocenters. The van der Waals surface area contributed by atoms with Gasteiger partial charge in [-0.05, 0) is 89.2 Å². The number of fused-ring (bicyclic) bond motifs is 1. The first-order valence-corrected chi connectivity index (χ1v) is 14.0. The van der Waals surface area contributed by atoms with Gasteiger partial charge in [0, 0.05) is 25.7 Å². The fourth-order valence-corrected chi connectivity index (χ4v) is 6.34. The molecule has 4 N–H and O–H groups in total. The number of nitrogens with one attached hydrogen (secondary N) is 2. The van der Waals surface area contributed by atoms with Gasteiger partial charge in [-0.2, -0.15) is 0 Å². The molecule has 5 rings (SSSR count). The van der Waals surface area contributed by atoms with Crippen molar-refractivity contribution in [1.29, 1.82) is 0 Å². The Kier molecular flexibility index (Phi) is 8.88. The number of allylic oxidation sites excluding steroid dienone is 5. The van der Waals surface area contributed by atoms with Gasteiger partial charge in [-0.25, -0.2) is 0 Å². The third-order valence-electron chi connectivity index (χ3n) is 8.15. The first-order valence-electron chi connectivity index (χ1n) is 14.0. The second kappa shape index (κ2) is 12.3. The molecule has 1 fully saturated rings. The van der Waals surface area contributed by atoms with Crippen molar-refractivity contribution in [2.75, 3.05) is 19.4 Å². The maximum absolute atomic E-state index is 12.1. The molecule has 1 atom stereocenters. The van der Waals surface area contributed by atoms with E-state index in [0.29, 0.717) is 16.9 Å². The Hall–Kier alpha value is -3.60. The lowest BCUT2D eigenvalue weighted by Gasteiger charge is -2.22. The number of nitrogens with zero attached hydrogens (tertiary/aromatic N) is 1. The van der Waals surface area contributed by atoms with Gasteiger partial charge >= 0.3 is 0 Å². The van der Waals surface area contributed by atoms with Crippen molar-refractivity contribution < 1.29 is 4.79 Å². The van der Waals surface area contributed by atoms with Crippen molar-refractivity contribution in [3.05, 3.63) is 83.1 Å². The Balaban J connectivity index is 0.00000164. The predicted octanol–water partition coefficient (Wildman–Crippen LogP) is 6.90. The Labute approximate surface area is 228 Å². The van der Waals surface area contributed by atoms with Crippen LogP contribution in [0.3, 0.4) is 0 Å². The summed E-state index contributed by atoms with van der Waals surface area (Å²) in [5.41, 5.74) is 15.4. The monoisotopic (exact) mass is 510 g/mol. The third-order valence-corrected chi connectivity index (χ3v) is 8.15. The molecule has 0 aliphatic heterocycles. The summed E-state index contributed by atoms with van der Waals surface area (Å²) >= 11 is 0. The van der Waals surface area contributed by atoms with Crippen molar-refractivity contribution in [2.24, 2.45) is 22.1 Å². The summed E-state index contributed by atoms with van der Waals surface area (Å²) in [6, 6.07) is 10.6. The summed E-state index contributed by atoms with van der Waals surface area (Å²) in [7, 11) is 3.57. The minimum atomic E-state index is -0.403. The number of benzene rings is 2. The van der Waals surface area contributed by atoms with Crippen LogP contribution in [-0.4, -0.2) is 26.3 Å². The average Bonchev–Trinajstić information content (AvgIpc) is 3.57. The summed E-state index contributed by atoms with van der Waals surface area (Å²) in [6.07, 6.45) is 21.3. The second-order valence-corrected chi connectivity index (χ2v) is 10.4. The Bertz CT molecular complexity index is 1280. The van der Waals surface area contributed by atoms with Gasteiger partial charge in [0.05, 0.1) is 11.9 Å². The fourth-order valence-electron chi connectivity index (χ4n) is 6.34. The third kappa shape index (κ3) is 5.62. The number of anilines is 1. The van der Waals surface area contributed by atoms with Crippen LogP contribution in [0.25, 0.3) is 16.7 Å². The summed E-state index contributed by atoms with van der Waals surface area (Å²) in [6.45, 7) is 4.00. The van der Waals surface area contributed by atoms with E-state index in [4.69, 9.17) is 5.73 Å². The zero-order chi connectivity index (χ0) is 27.1.